The molecule has 0 aliphatic heterocycles. The van der Waals surface area contributed by atoms with E-state index < -0.39 is 0 Å². The third-order valence-corrected chi connectivity index (χ3v) is 1.07. The van der Waals surface area contributed by atoms with Crippen LogP contribution < -0.4 is 11.5 Å². The van der Waals surface area contributed by atoms with Crippen LogP contribution in [-0.2, 0) is 6.61 Å². The molecular formula is C5H8N4O. The molecule has 0 amide bonds. The average Bonchev–Trinajstić information content (AvgIpc) is 1.95. The zero-order valence-electron chi connectivity index (χ0n) is 5.28. The number of nitrogens with zero attached hydrogens (tertiary/aromatic N) is 2. The fourth-order valence-electron chi connectivity index (χ4n) is 0.535. The SMILES string of the molecule is Nc1cc(CO)nnc1N. The zero-order valence-corrected chi connectivity index (χ0v) is 5.28. The summed E-state index contributed by atoms with van der Waals surface area (Å²) in [6.07, 6.45) is 0. The lowest BCUT2D eigenvalue weighted by Gasteiger charge is -1.97. The predicted octanol–water partition coefficient (Wildman–Crippen LogP) is -0.867. The minimum atomic E-state index is -0.169. The molecule has 5 N–H and O–H groups in total. The zero-order chi connectivity index (χ0) is 7.56. The second-order valence-corrected chi connectivity index (χ2v) is 1.83. The van der Waals surface area contributed by atoms with Crippen molar-refractivity contribution < 1.29 is 5.11 Å². The Morgan fingerprint density at radius 2 is 2.10 bits per heavy atom. The van der Waals surface area contributed by atoms with Crippen LogP contribution in [0.25, 0.3) is 0 Å². The molecule has 5 nitrogen and oxygen atoms in total. The number of aliphatic hydroxyl groups is 1. The van der Waals surface area contributed by atoms with Gasteiger partial charge >= 0.3 is 0 Å². The Kier molecular flexibility index (Phi) is 1.68. The monoisotopic (exact) mass is 140 g/mol. The smallest absolute Gasteiger partial charge is 0.169 e. The second-order valence-electron chi connectivity index (χ2n) is 1.83. The Balaban J connectivity index is 3.04. The highest BCUT2D eigenvalue weighted by molar-refractivity contribution is 5.56. The molecular weight excluding hydrogens is 132 g/mol. The van der Waals surface area contributed by atoms with E-state index in [9.17, 15) is 0 Å². The number of hydrogen-bond acceptors (Lipinski definition) is 5. The van der Waals surface area contributed by atoms with Gasteiger partial charge in [0, 0.05) is 0 Å². The van der Waals surface area contributed by atoms with E-state index in [1.165, 1.54) is 6.07 Å². The summed E-state index contributed by atoms with van der Waals surface area (Å²) < 4.78 is 0. The van der Waals surface area contributed by atoms with Gasteiger partial charge in [0.05, 0.1) is 18.0 Å². The van der Waals surface area contributed by atoms with Gasteiger partial charge in [0.1, 0.15) is 0 Å². The van der Waals surface area contributed by atoms with Crippen LogP contribution in [0.2, 0.25) is 0 Å². The predicted molar refractivity (Wildman–Crippen MR) is 36.8 cm³/mol. The summed E-state index contributed by atoms with van der Waals surface area (Å²) in [5.74, 6) is 0.192. The lowest BCUT2D eigenvalue weighted by molar-refractivity contribution is 0.275. The molecule has 0 unspecified atom stereocenters. The van der Waals surface area contributed by atoms with Crippen LogP contribution in [-0.4, -0.2) is 15.3 Å². The van der Waals surface area contributed by atoms with Crippen molar-refractivity contribution in [3.63, 3.8) is 0 Å². The molecule has 0 bridgehead atoms. The van der Waals surface area contributed by atoms with Gasteiger partial charge in [0.15, 0.2) is 5.82 Å². The van der Waals surface area contributed by atoms with Gasteiger partial charge in [-0.1, -0.05) is 0 Å². The van der Waals surface area contributed by atoms with Gasteiger partial charge in [-0.25, -0.2) is 0 Å². The molecule has 1 rings (SSSR count). The number of aromatic nitrogens is 2. The molecule has 0 saturated carbocycles. The summed E-state index contributed by atoms with van der Waals surface area (Å²) in [6.45, 7) is -0.169. The first-order valence-corrected chi connectivity index (χ1v) is 2.72. The highest BCUT2D eigenvalue weighted by Gasteiger charge is 1.97. The van der Waals surface area contributed by atoms with E-state index in [-0.39, 0.29) is 12.4 Å². The minimum absolute atomic E-state index is 0.169. The molecule has 0 aromatic carbocycles. The minimum Gasteiger partial charge on any atom is -0.396 e. The number of nitrogen functional groups attached to an aromatic ring is 2. The van der Waals surface area contributed by atoms with Gasteiger partial charge < -0.3 is 16.6 Å². The molecule has 0 radical (unpaired) electrons. The quantitative estimate of drug-likeness (QED) is 0.471. The van der Waals surface area contributed by atoms with Crippen LogP contribution in [0.5, 0.6) is 0 Å². The number of aliphatic hydroxyl groups excluding tert-OH is 1. The molecule has 10 heavy (non-hydrogen) atoms. The highest BCUT2D eigenvalue weighted by Crippen LogP contribution is 2.09. The summed E-state index contributed by atoms with van der Waals surface area (Å²) in [5, 5.41) is 15.6. The van der Waals surface area contributed by atoms with E-state index in [2.05, 4.69) is 10.2 Å². The van der Waals surface area contributed by atoms with Crippen molar-refractivity contribution >= 4 is 11.5 Å². The molecule has 0 spiro atoms. The summed E-state index contributed by atoms with van der Waals surface area (Å²) in [5.41, 5.74) is 11.4. The summed E-state index contributed by atoms with van der Waals surface area (Å²) in [6, 6.07) is 1.49. The van der Waals surface area contributed by atoms with E-state index in [0.717, 1.165) is 0 Å². The topological polar surface area (TPSA) is 98.0 Å². The highest BCUT2D eigenvalue weighted by atomic mass is 16.3. The number of hydrogen-bond donors (Lipinski definition) is 3. The standard InChI is InChI=1S/C5H8N4O/c6-4-1-3(2-10)8-9-5(4)7/h1,10H,2H2,(H2,6,8)(H2,7,9). The Morgan fingerprint density at radius 3 is 2.60 bits per heavy atom. The maximum Gasteiger partial charge on any atom is 0.169 e. The van der Waals surface area contributed by atoms with Crippen molar-refractivity contribution in [1.29, 1.82) is 0 Å². The van der Waals surface area contributed by atoms with E-state index in [1.54, 1.807) is 0 Å². The normalized spacial score (nSPS) is 9.70. The molecule has 0 aliphatic carbocycles. The van der Waals surface area contributed by atoms with Crippen LogP contribution in [0.3, 0.4) is 0 Å². The molecule has 0 saturated heterocycles. The van der Waals surface area contributed by atoms with Crippen LogP contribution in [0.15, 0.2) is 6.07 Å². The summed E-state index contributed by atoms with van der Waals surface area (Å²) in [7, 11) is 0. The molecule has 0 fully saturated rings. The van der Waals surface area contributed by atoms with Gasteiger partial charge in [0.25, 0.3) is 0 Å². The van der Waals surface area contributed by atoms with E-state index >= 15 is 0 Å². The fraction of sp³-hybridized carbons (Fsp3) is 0.200. The molecule has 54 valence electrons. The van der Waals surface area contributed by atoms with E-state index in [4.69, 9.17) is 16.6 Å². The Bertz CT molecular complexity index is 237. The van der Waals surface area contributed by atoms with E-state index in [0.29, 0.717) is 11.4 Å². The number of nitrogens with two attached hydrogens (primary N) is 2. The summed E-state index contributed by atoms with van der Waals surface area (Å²) >= 11 is 0. The van der Waals surface area contributed by atoms with Gasteiger partial charge in [0.2, 0.25) is 0 Å². The van der Waals surface area contributed by atoms with Crippen LogP contribution >= 0.6 is 0 Å². The lowest BCUT2D eigenvalue weighted by Crippen LogP contribution is -2.02. The number of rotatable bonds is 1. The molecule has 1 aromatic heterocycles. The Hall–Kier alpha value is -1.36. The van der Waals surface area contributed by atoms with Gasteiger partial charge in [-0.2, -0.15) is 5.10 Å². The third kappa shape index (κ3) is 1.14. The van der Waals surface area contributed by atoms with Crippen LogP contribution in [0.1, 0.15) is 5.69 Å². The van der Waals surface area contributed by atoms with Crippen LogP contribution in [0.4, 0.5) is 11.5 Å². The first-order chi connectivity index (χ1) is 4.74. The van der Waals surface area contributed by atoms with E-state index in [1.807, 2.05) is 0 Å². The van der Waals surface area contributed by atoms with Crippen molar-refractivity contribution in [2.45, 2.75) is 6.61 Å². The molecule has 5 heteroatoms. The lowest BCUT2D eigenvalue weighted by atomic mass is 10.3. The van der Waals surface area contributed by atoms with Crippen molar-refractivity contribution in [3.05, 3.63) is 11.8 Å². The first-order valence-electron chi connectivity index (χ1n) is 2.72. The average molecular weight is 140 g/mol. The second kappa shape index (κ2) is 2.49. The van der Waals surface area contributed by atoms with Crippen molar-refractivity contribution in [2.75, 3.05) is 11.5 Å². The molecule has 0 aliphatic rings. The first kappa shape index (κ1) is 6.76. The molecule has 0 atom stereocenters. The molecule has 1 aromatic rings. The van der Waals surface area contributed by atoms with Gasteiger partial charge in [-0.15, -0.1) is 5.10 Å². The maximum absolute atomic E-state index is 8.55. The van der Waals surface area contributed by atoms with Gasteiger partial charge in [-0.3, -0.25) is 0 Å². The third-order valence-electron chi connectivity index (χ3n) is 1.07. The number of anilines is 2. The van der Waals surface area contributed by atoms with Crippen molar-refractivity contribution in [2.24, 2.45) is 0 Å². The maximum atomic E-state index is 8.55. The largest absolute Gasteiger partial charge is 0.396 e. The Morgan fingerprint density at radius 1 is 1.40 bits per heavy atom. The van der Waals surface area contributed by atoms with Gasteiger partial charge in [-0.05, 0) is 6.07 Å². The van der Waals surface area contributed by atoms with Crippen LogP contribution in [0, 0.1) is 0 Å². The summed E-state index contributed by atoms with van der Waals surface area (Å²) in [4.78, 5) is 0. The van der Waals surface area contributed by atoms with Crippen molar-refractivity contribution in [3.8, 4) is 0 Å². The van der Waals surface area contributed by atoms with Crippen molar-refractivity contribution in [1.82, 2.24) is 10.2 Å². The molecule has 1 heterocycles. The Labute approximate surface area is 57.7 Å². The fourth-order valence-corrected chi connectivity index (χ4v) is 0.535.